The Morgan fingerprint density at radius 3 is 2.26 bits per heavy atom. The van der Waals surface area contributed by atoms with Crippen LogP contribution in [0.5, 0.6) is 0 Å². The van der Waals surface area contributed by atoms with Gasteiger partial charge in [-0.15, -0.1) is 0 Å². The van der Waals surface area contributed by atoms with Crippen LogP contribution in [0.4, 0.5) is 5.69 Å². The fraction of sp³-hybridized carbons (Fsp3) is 0.333. The van der Waals surface area contributed by atoms with Crippen molar-refractivity contribution in [2.24, 2.45) is 0 Å². The highest BCUT2D eigenvalue weighted by atomic mass is 35.5. The molecule has 0 aliphatic rings. The SMILES string of the molecule is CCCCNC(=O)C(C)N(Cc1ccc(Cl)cc1)C(=O)CN(c1ccc(C)cc1C)S(=O)(=O)c1ccccc1. The van der Waals surface area contributed by atoms with Crippen molar-refractivity contribution in [1.29, 1.82) is 0 Å². The minimum Gasteiger partial charge on any atom is -0.354 e. The average molecular weight is 570 g/mol. The van der Waals surface area contributed by atoms with Crippen molar-refractivity contribution >= 4 is 39.1 Å². The summed E-state index contributed by atoms with van der Waals surface area (Å²) in [6, 6.07) is 19.6. The first-order valence-corrected chi connectivity index (χ1v) is 14.8. The lowest BCUT2D eigenvalue weighted by molar-refractivity contribution is -0.139. The van der Waals surface area contributed by atoms with Crippen molar-refractivity contribution in [2.75, 3.05) is 17.4 Å². The van der Waals surface area contributed by atoms with Crippen molar-refractivity contribution in [2.45, 2.75) is 58.0 Å². The highest BCUT2D eigenvalue weighted by Crippen LogP contribution is 2.28. The van der Waals surface area contributed by atoms with E-state index in [2.05, 4.69) is 5.32 Å². The minimum atomic E-state index is -4.09. The van der Waals surface area contributed by atoms with Crippen molar-refractivity contribution in [1.82, 2.24) is 10.2 Å². The van der Waals surface area contributed by atoms with Crippen LogP contribution < -0.4 is 9.62 Å². The number of rotatable bonds is 12. The molecule has 0 bridgehead atoms. The van der Waals surface area contributed by atoms with Crippen molar-refractivity contribution in [3.63, 3.8) is 0 Å². The van der Waals surface area contributed by atoms with E-state index in [-0.39, 0.29) is 17.3 Å². The fourth-order valence-corrected chi connectivity index (χ4v) is 5.85. The molecule has 3 rings (SSSR count). The first-order valence-electron chi connectivity index (χ1n) is 13.0. The Kier molecular flexibility index (Phi) is 10.5. The van der Waals surface area contributed by atoms with E-state index >= 15 is 0 Å². The summed E-state index contributed by atoms with van der Waals surface area (Å²) in [7, 11) is -4.09. The number of unbranched alkanes of at least 4 members (excludes halogenated alkanes) is 1. The largest absolute Gasteiger partial charge is 0.354 e. The number of sulfonamides is 1. The molecule has 0 saturated carbocycles. The Bertz CT molecular complexity index is 1380. The van der Waals surface area contributed by atoms with Crippen molar-refractivity contribution < 1.29 is 18.0 Å². The zero-order chi connectivity index (χ0) is 28.6. The number of hydrogen-bond acceptors (Lipinski definition) is 4. The monoisotopic (exact) mass is 569 g/mol. The Balaban J connectivity index is 2.01. The fourth-order valence-electron chi connectivity index (χ4n) is 4.22. The summed E-state index contributed by atoms with van der Waals surface area (Å²) < 4.78 is 28.9. The maximum atomic E-state index is 13.9. The molecule has 7 nitrogen and oxygen atoms in total. The molecule has 3 aromatic rings. The van der Waals surface area contributed by atoms with Crippen LogP contribution in [-0.2, 0) is 26.2 Å². The maximum absolute atomic E-state index is 13.9. The molecule has 0 aliphatic heterocycles. The van der Waals surface area contributed by atoms with Gasteiger partial charge in [-0.3, -0.25) is 13.9 Å². The van der Waals surface area contributed by atoms with E-state index in [1.807, 2.05) is 32.9 Å². The molecule has 1 N–H and O–H groups in total. The minimum absolute atomic E-state index is 0.0763. The lowest BCUT2D eigenvalue weighted by Crippen LogP contribution is -2.51. The first-order chi connectivity index (χ1) is 18.5. The predicted molar refractivity (Wildman–Crippen MR) is 156 cm³/mol. The van der Waals surface area contributed by atoms with Gasteiger partial charge < -0.3 is 10.2 Å². The van der Waals surface area contributed by atoms with Gasteiger partial charge in [0.15, 0.2) is 0 Å². The quantitative estimate of drug-likeness (QED) is 0.292. The van der Waals surface area contributed by atoms with Gasteiger partial charge in [-0.2, -0.15) is 0 Å². The predicted octanol–water partition coefficient (Wildman–Crippen LogP) is 5.49. The summed E-state index contributed by atoms with van der Waals surface area (Å²) >= 11 is 6.05. The van der Waals surface area contributed by atoms with Gasteiger partial charge in [0.1, 0.15) is 12.6 Å². The lowest BCUT2D eigenvalue weighted by atomic mass is 10.1. The van der Waals surface area contributed by atoms with E-state index in [0.29, 0.717) is 17.3 Å². The number of amides is 2. The van der Waals surface area contributed by atoms with Gasteiger partial charge in [-0.25, -0.2) is 8.42 Å². The van der Waals surface area contributed by atoms with E-state index in [9.17, 15) is 18.0 Å². The van der Waals surface area contributed by atoms with E-state index < -0.39 is 28.5 Å². The van der Waals surface area contributed by atoms with Gasteiger partial charge in [0.2, 0.25) is 11.8 Å². The molecule has 0 saturated heterocycles. The second-order valence-electron chi connectivity index (χ2n) is 9.58. The third-order valence-corrected chi connectivity index (χ3v) is 8.52. The molecule has 0 heterocycles. The van der Waals surface area contributed by atoms with Crippen LogP contribution in [0.15, 0.2) is 77.7 Å². The molecule has 1 unspecified atom stereocenters. The third kappa shape index (κ3) is 7.83. The third-order valence-electron chi connectivity index (χ3n) is 6.49. The second-order valence-corrected chi connectivity index (χ2v) is 11.9. The summed E-state index contributed by atoms with van der Waals surface area (Å²) in [5, 5.41) is 3.44. The van der Waals surface area contributed by atoms with Gasteiger partial charge in [-0.1, -0.05) is 73.0 Å². The second kappa shape index (κ2) is 13.6. The van der Waals surface area contributed by atoms with E-state index in [1.54, 1.807) is 55.5 Å². The number of benzene rings is 3. The number of nitrogens with zero attached hydrogens (tertiary/aromatic N) is 2. The molecule has 2 amide bonds. The van der Waals surface area contributed by atoms with Crippen LogP contribution in [-0.4, -0.2) is 44.3 Å². The van der Waals surface area contributed by atoms with Crippen LogP contribution in [0.3, 0.4) is 0 Å². The molecule has 39 heavy (non-hydrogen) atoms. The average Bonchev–Trinajstić information content (AvgIpc) is 2.91. The van der Waals surface area contributed by atoms with Gasteiger partial charge in [0.05, 0.1) is 10.6 Å². The summed E-state index contributed by atoms with van der Waals surface area (Å²) in [6.45, 7) is 7.56. The Morgan fingerprint density at radius 2 is 1.64 bits per heavy atom. The number of anilines is 1. The smallest absolute Gasteiger partial charge is 0.264 e. The van der Waals surface area contributed by atoms with Crippen LogP contribution in [0, 0.1) is 13.8 Å². The summed E-state index contributed by atoms with van der Waals surface area (Å²) in [6.07, 6.45) is 1.74. The molecule has 0 aliphatic carbocycles. The molecular weight excluding hydrogens is 534 g/mol. The highest BCUT2D eigenvalue weighted by Gasteiger charge is 2.33. The molecule has 0 aromatic heterocycles. The number of nitrogens with one attached hydrogen (secondary N) is 1. The maximum Gasteiger partial charge on any atom is 0.264 e. The summed E-state index contributed by atoms with van der Waals surface area (Å²) in [5.74, 6) is -0.794. The Morgan fingerprint density at radius 1 is 0.974 bits per heavy atom. The Labute approximate surface area is 236 Å². The Hall–Kier alpha value is -3.36. The van der Waals surface area contributed by atoms with Gasteiger partial charge in [0.25, 0.3) is 10.0 Å². The highest BCUT2D eigenvalue weighted by molar-refractivity contribution is 7.92. The molecule has 0 spiro atoms. The van der Waals surface area contributed by atoms with Crippen LogP contribution in [0.2, 0.25) is 5.02 Å². The lowest BCUT2D eigenvalue weighted by Gasteiger charge is -2.32. The van der Waals surface area contributed by atoms with Crippen molar-refractivity contribution in [3.05, 3.63) is 94.5 Å². The number of carbonyl (C=O) groups is 2. The normalized spacial score (nSPS) is 12.0. The van der Waals surface area contributed by atoms with E-state index in [4.69, 9.17) is 11.6 Å². The van der Waals surface area contributed by atoms with Crippen molar-refractivity contribution in [3.8, 4) is 0 Å². The molecule has 0 fully saturated rings. The molecule has 9 heteroatoms. The van der Waals surface area contributed by atoms with Gasteiger partial charge >= 0.3 is 0 Å². The topological polar surface area (TPSA) is 86.8 Å². The zero-order valence-corrected chi connectivity index (χ0v) is 24.4. The van der Waals surface area contributed by atoms with E-state index in [0.717, 1.165) is 33.8 Å². The number of hydrogen-bond donors (Lipinski definition) is 1. The van der Waals surface area contributed by atoms with Crippen LogP contribution in [0.1, 0.15) is 43.4 Å². The molecule has 0 radical (unpaired) electrons. The standard InChI is InChI=1S/C30H36ClN3O4S/c1-5-6-18-32-30(36)24(4)33(20-25-13-15-26(31)16-14-25)29(35)21-34(28-17-12-22(2)19-23(28)3)39(37,38)27-10-8-7-9-11-27/h7-17,19,24H,5-6,18,20-21H2,1-4H3,(H,32,36). The molecule has 208 valence electrons. The molecule has 3 aromatic carbocycles. The molecular formula is C30H36ClN3O4S. The molecule has 1 atom stereocenters. The number of aryl methyl sites for hydroxylation is 2. The first kappa shape index (κ1) is 30.2. The van der Waals surface area contributed by atoms with Gasteiger partial charge in [-0.05, 0) is 68.7 Å². The van der Waals surface area contributed by atoms with Crippen LogP contribution >= 0.6 is 11.6 Å². The summed E-state index contributed by atoms with van der Waals surface area (Å²) in [4.78, 5) is 28.5. The number of carbonyl (C=O) groups excluding carboxylic acids is 2. The van der Waals surface area contributed by atoms with Crippen LogP contribution in [0.25, 0.3) is 0 Å². The number of halogens is 1. The summed E-state index contributed by atoms with van der Waals surface area (Å²) in [5.41, 5.74) is 2.87. The zero-order valence-electron chi connectivity index (χ0n) is 22.9. The van der Waals surface area contributed by atoms with Gasteiger partial charge in [0, 0.05) is 18.1 Å². The van der Waals surface area contributed by atoms with E-state index in [1.165, 1.54) is 17.0 Å².